The third kappa shape index (κ3) is 4.26. The lowest BCUT2D eigenvalue weighted by atomic mass is 10.2. The zero-order valence-electron chi connectivity index (χ0n) is 12.0. The Morgan fingerprint density at radius 3 is 2.55 bits per heavy atom. The Morgan fingerprint density at radius 2 is 1.95 bits per heavy atom. The molecule has 2 rings (SSSR count). The highest BCUT2D eigenvalue weighted by molar-refractivity contribution is 7.87. The predicted molar refractivity (Wildman–Crippen MR) is 79.5 cm³/mol. The molecule has 0 radical (unpaired) electrons. The molecule has 1 heterocycles. The lowest BCUT2D eigenvalue weighted by molar-refractivity contribution is 0.413. The van der Waals surface area contributed by atoms with E-state index in [1.807, 2.05) is 19.1 Å². The van der Waals surface area contributed by atoms with Gasteiger partial charge in [-0.05, 0) is 37.0 Å². The maximum Gasteiger partial charge on any atom is 0.279 e. The van der Waals surface area contributed by atoms with E-state index in [0.29, 0.717) is 19.5 Å². The quantitative estimate of drug-likeness (QED) is 0.833. The summed E-state index contributed by atoms with van der Waals surface area (Å²) >= 11 is 0. The summed E-state index contributed by atoms with van der Waals surface area (Å²) in [7, 11) is -3.36. The summed E-state index contributed by atoms with van der Waals surface area (Å²) in [6.45, 7) is 2.87. The number of hydrogen-bond donors (Lipinski definition) is 1. The van der Waals surface area contributed by atoms with Crippen LogP contribution in [0.25, 0.3) is 0 Å². The normalized spacial score (nSPS) is 16.9. The van der Waals surface area contributed by atoms with Gasteiger partial charge in [-0.25, -0.2) is 0 Å². The van der Waals surface area contributed by atoms with Gasteiger partial charge in [-0.3, -0.25) is 4.98 Å². The van der Waals surface area contributed by atoms with E-state index in [4.69, 9.17) is 0 Å². The summed E-state index contributed by atoms with van der Waals surface area (Å²) in [6, 6.07) is 3.96. The average Bonchev–Trinajstić information content (AvgIpc) is 2.92. The van der Waals surface area contributed by atoms with Gasteiger partial charge in [0.25, 0.3) is 10.2 Å². The maximum atomic E-state index is 12.3. The summed E-state index contributed by atoms with van der Waals surface area (Å²) in [5.74, 6) is 0. The molecule has 1 aliphatic rings. The molecule has 1 aliphatic carbocycles. The Kier molecular flexibility index (Phi) is 5.51. The molecule has 0 unspecified atom stereocenters. The Balaban J connectivity index is 1.92. The number of pyridine rings is 1. The second-order valence-corrected chi connectivity index (χ2v) is 6.90. The Morgan fingerprint density at radius 1 is 1.30 bits per heavy atom. The highest BCUT2D eigenvalue weighted by atomic mass is 32.2. The standard InChI is InChI=1S/C14H23N3O2S/c1-2-17(12-9-13-7-10-15-11-8-13)20(18,19)16-14-5-3-4-6-14/h7-8,10-11,14,16H,2-6,9,12H2,1H3. The van der Waals surface area contributed by atoms with Crippen LogP contribution in [0.1, 0.15) is 38.2 Å². The van der Waals surface area contributed by atoms with Gasteiger partial charge in [0, 0.05) is 31.5 Å². The molecule has 0 aromatic carbocycles. The van der Waals surface area contributed by atoms with E-state index in [2.05, 4.69) is 9.71 Å². The highest BCUT2D eigenvalue weighted by Gasteiger charge is 2.25. The Hall–Kier alpha value is -0.980. The van der Waals surface area contributed by atoms with Gasteiger partial charge >= 0.3 is 0 Å². The van der Waals surface area contributed by atoms with Crippen LogP contribution in [0, 0.1) is 0 Å². The van der Waals surface area contributed by atoms with Gasteiger partial charge in [0.2, 0.25) is 0 Å². The van der Waals surface area contributed by atoms with Gasteiger partial charge in [0.05, 0.1) is 0 Å². The van der Waals surface area contributed by atoms with Crippen molar-refractivity contribution in [1.82, 2.24) is 14.0 Å². The van der Waals surface area contributed by atoms with Crippen molar-refractivity contribution in [3.63, 3.8) is 0 Å². The molecule has 6 heteroatoms. The maximum absolute atomic E-state index is 12.3. The van der Waals surface area contributed by atoms with Crippen LogP contribution < -0.4 is 4.72 Å². The molecule has 0 aliphatic heterocycles. The molecule has 0 saturated heterocycles. The molecule has 0 atom stereocenters. The SMILES string of the molecule is CCN(CCc1ccncc1)S(=O)(=O)NC1CCCC1. The number of aromatic nitrogens is 1. The van der Waals surface area contributed by atoms with Crippen molar-refractivity contribution in [2.24, 2.45) is 0 Å². The fourth-order valence-electron chi connectivity index (χ4n) is 2.58. The van der Waals surface area contributed by atoms with Gasteiger partial charge in [-0.1, -0.05) is 19.8 Å². The summed E-state index contributed by atoms with van der Waals surface area (Å²) in [5, 5.41) is 0. The number of likely N-dealkylation sites (N-methyl/N-ethyl adjacent to an activating group) is 1. The van der Waals surface area contributed by atoms with Crippen molar-refractivity contribution in [2.45, 2.75) is 45.1 Å². The van der Waals surface area contributed by atoms with Crippen LogP contribution in [0.3, 0.4) is 0 Å². The minimum absolute atomic E-state index is 0.120. The fourth-order valence-corrected chi connectivity index (χ4v) is 4.06. The summed E-state index contributed by atoms with van der Waals surface area (Å²) in [5.41, 5.74) is 1.11. The molecule has 0 spiro atoms. The van der Waals surface area contributed by atoms with Gasteiger partial charge < -0.3 is 0 Å². The molecule has 0 amide bonds. The minimum atomic E-state index is -3.36. The highest BCUT2D eigenvalue weighted by Crippen LogP contribution is 2.19. The number of nitrogens with zero attached hydrogens (tertiary/aromatic N) is 2. The third-order valence-electron chi connectivity index (χ3n) is 3.76. The topological polar surface area (TPSA) is 62.3 Å². The molecule has 1 aromatic heterocycles. The first-order valence-electron chi connectivity index (χ1n) is 7.28. The van der Waals surface area contributed by atoms with Crippen molar-refractivity contribution in [3.8, 4) is 0 Å². The van der Waals surface area contributed by atoms with E-state index in [9.17, 15) is 8.42 Å². The van der Waals surface area contributed by atoms with Crippen molar-refractivity contribution >= 4 is 10.2 Å². The smallest absolute Gasteiger partial charge is 0.265 e. The van der Waals surface area contributed by atoms with Crippen LogP contribution in [0.2, 0.25) is 0 Å². The van der Waals surface area contributed by atoms with E-state index >= 15 is 0 Å². The average molecular weight is 297 g/mol. The van der Waals surface area contributed by atoms with Crippen LogP contribution in [-0.4, -0.2) is 36.8 Å². The summed E-state index contributed by atoms with van der Waals surface area (Å²) in [4.78, 5) is 3.97. The van der Waals surface area contributed by atoms with Crippen molar-refractivity contribution in [1.29, 1.82) is 0 Å². The number of hydrogen-bond acceptors (Lipinski definition) is 3. The van der Waals surface area contributed by atoms with Crippen LogP contribution in [0.5, 0.6) is 0 Å². The van der Waals surface area contributed by atoms with Gasteiger partial charge in [0.1, 0.15) is 0 Å². The first-order valence-corrected chi connectivity index (χ1v) is 8.72. The lowest BCUT2D eigenvalue weighted by Gasteiger charge is -2.23. The van der Waals surface area contributed by atoms with Crippen LogP contribution in [-0.2, 0) is 16.6 Å². The van der Waals surface area contributed by atoms with Crippen LogP contribution in [0.15, 0.2) is 24.5 Å². The molecule has 1 fully saturated rings. The van der Waals surface area contributed by atoms with Gasteiger partial charge in [-0.2, -0.15) is 17.4 Å². The lowest BCUT2D eigenvalue weighted by Crippen LogP contribution is -2.45. The fraction of sp³-hybridized carbons (Fsp3) is 0.643. The van der Waals surface area contributed by atoms with E-state index in [0.717, 1.165) is 31.2 Å². The molecular formula is C14H23N3O2S. The van der Waals surface area contributed by atoms with Crippen molar-refractivity contribution in [2.75, 3.05) is 13.1 Å². The number of rotatable bonds is 7. The summed E-state index contributed by atoms with van der Waals surface area (Å²) in [6.07, 6.45) is 8.34. The number of nitrogens with one attached hydrogen (secondary N) is 1. The van der Waals surface area contributed by atoms with Gasteiger partial charge in [-0.15, -0.1) is 0 Å². The Bertz CT molecular complexity index is 498. The van der Waals surface area contributed by atoms with Crippen molar-refractivity contribution < 1.29 is 8.42 Å². The second kappa shape index (κ2) is 7.15. The zero-order chi connectivity index (χ0) is 14.4. The van der Waals surface area contributed by atoms with E-state index < -0.39 is 10.2 Å². The molecular weight excluding hydrogens is 274 g/mol. The monoisotopic (exact) mass is 297 g/mol. The van der Waals surface area contributed by atoms with Crippen molar-refractivity contribution in [3.05, 3.63) is 30.1 Å². The molecule has 1 N–H and O–H groups in total. The molecule has 112 valence electrons. The van der Waals surface area contributed by atoms with Crippen LogP contribution >= 0.6 is 0 Å². The third-order valence-corrected chi connectivity index (χ3v) is 5.51. The molecule has 1 aromatic rings. The van der Waals surface area contributed by atoms with Gasteiger partial charge in [0.15, 0.2) is 0 Å². The second-order valence-electron chi connectivity index (χ2n) is 5.20. The van der Waals surface area contributed by atoms with E-state index in [1.54, 1.807) is 12.4 Å². The predicted octanol–water partition coefficient (Wildman–Crippen LogP) is 1.72. The zero-order valence-corrected chi connectivity index (χ0v) is 12.8. The largest absolute Gasteiger partial charge is 0.279 e. The molecule has 1 saturated carbocycles. The minimum Gasteiger partial charge on any atom is -0.265 e. The molecule has 5 nitrogen and oxygen atoms in total. The van der Waals surface area contributed by atoms with E-state index in [1.165, 1.54) is 4.31 Å². The van der Waals surface area contributed by atoms with Crippen LogP contribution in [0.4, 0.5) is 0 Å². The Labute approximate surface area is 121 Å². The van der Waals surface area contributed by atoms with E-state index in [-0.39, 0.29) is 6.04 Å². The molecule has 20 heavy (non-hydrogen) atoms. The first kappa shape index (κ1) is 15.4. The summed E-state index contributed by atoms with van der Waals surface area (Å²) < 4.78 is 29.0. The molecule has 0 bridgehead atoms. The first-order chi connectivity index (χ1) is 9.62.